The second kappa shape index (κ2) is 6.62. The van der Waals surface area contributed by atoms with Gasteiger partial charge in [0.15, 0.2) is 0 Å². The van der Waals surface area contributed by atoms with Crippen LogP contribution < -0.4 is 10.1 Å². The molecule has 0 amide bonds. The van der Waals surface area contributed by atoms with Gasteiger partial charge in [-0.3, -0.25) is 0 Å². The van der Waals surface area contributed by atoms with Crippen LogP contribution in [0.1, 0.15) is 29.5 Å². The van der Waals surface area contributed by atoms with Crippen molar-refractivity contribution < 1.29 is 4.74 Å². The Labute approximate surface area is 160 Å². The van der Waals surface area contributed by atoms with E-state index in [1.165, 1.54) is 27.9 Å². The molecule has 2 aliphatic rings. The summed E-state index contributed by atoms with van der Waals surface area (Å²) < 4.78 is 5.65. The molecule has 3 atom stereocenters. The molecule has 0 saturated carbocycles. The minimum absolute atomic E-state index is 0.260. The van der Waals surface area contributed by atoms with Crippen molar-refractivity contribution in [3.05, 3.63) is 96.1 Å². The van der Waals surface area contributed by atoms with Gasteiger partial charge in [-0.1, -0.05) is 66.7 Å². The molecule has 2 nitrogen and oxygen atoms in total. The number of methoxy groups -OCH3 is 1. The first kappa shape index (κ1) is 16.2. The SMILES string of the molecule is COc1ccccc1[C@@H]1Nc2ccc(-c3ccccc3)cc2[C@@H]2C=CC[C@@H]21. The molecule has 0 fully saturated rings. The second-order valence-electron chi connectivity index (χ2n) is 7.39. The van der Waals surface area contributed by atoms with Crippen LogP contribution in [0.4, 0.5) is 5.69 Å². The summed E-state index contributed by atoms with van der Waals surface area (Å²) in [4.78, 5) is 0. The monoisotopic (exact) mass is 353 g/mol. The fraction of sp³-hybridized carbons (Fsp3) is 0.200. The van der Waals surface area contributed by atoms with Crippen molar-refractivity contribution in [2.45, 2.75) is 18.4 Å². The average Bonchev–Trinajstić information content (AvgIpc) is 3.24. The third-order valence-electron chi connectivity index (χ3n) is 5.94. The zero-order chi connectivity index (χ0) is 18.2. The van der Waals surface area contributed by atoms with Gasteiger partial charge in [-0.15, -0.1) is 0 Å². The molecule has 134 valence electrons. The molecule has 0 radical (unpaired) electrons. The Balaban J connectivity index is 1.58. The smallest absolute Gasteiger partial charge is 0.124 e. The van der Waals surface area contributed by atoms with Gasteiger partial charge in [0.1, 0.15) is 5.75 Å². The summed E-state index contributed by atoms with van der Waals surface area (Å²) in [6.45, 7) is 0. The molecule has 1 heterocycles. The first-order valence-electron chi connectivity index (χ1n) is 9.60. The van der Waals surface area contributed by atoms with Gasteiger partial charge < -0.3 is 10.1 Å². The molecule has 1 aliphatic carbocycles. The molecule has 27 heavy (non-hydrogen) atoms. The molecule has 1 N–H and O–H groups in total. The van der Waals surface area contributed by atoms with E-state index in [4.69, 9.17) is 4.74 Å². The van der Waals surface area contributed by atoms with E-state index < -0.39 is 0 Å². The number of ether oxygens (including phenoxy) is 1. The maximum atomic E-state index is 5.65. The summed E-state index contributed by atoms with van der Waals surface area (Å²) >= 11 is 0. The zero-order valence-electron chi connectivity index (χ0n) is 15.4. The highest BCUT2D eigenvalue weighted by atomic mass is 16.5. The maximum absolute atomic E-state index is 5.65. The van der Waals surface area contributed by atoms with E-state index in [0.717, 1.165) is 12.2 Å². The Kier molecular flexibility index (Phi) is 3.97. The highest BCUT2D eigenvalue weighted by Gasteiger charge is 2.38. The molecule has 5 rings (SSSR count). The lowest BCUT2D eigenvalue weighted by atomic mass is 9.76. The number of anilines is 1. The van der Waals surface area contributed by atoms with Crippen LogP contribution in [0.25, 0.3) is 11.1 Å². The first-order valence-corrected chi connectivity index (χ1v) is 9.60. The summed E-state index contributed by atoms with van der Waals surface area (Å²) in [5.74, 6) is 1.92. The van der Waals surface area contributed by atoms with Crippen molar-refractivity contribution >= 4 is 5.69 Å². The predicted molar refractivity (Wildman–Crippen MR) is 111 cm³/mol. The molecular formula is C25H23NO. The lowest BCUT2D eigenvalue weighted by Crippen LogP contribution is -2.29. The van der Waals surface area contributed by atoms with Gasteiger partial charge in [-0.2, -0.15) is 0 Å². The van der Waals surface area contributed by atoms with Crippen LogP contribution in [0.3, 0.4) is 0 Å². The molecule has 2 heteroatoms. The molecule has 1 aliphatic heterocycles. The van der Waals surface area contributed by atoms with Crippen molar-refractivity contribution in [3.63, 3.8) is 0 Å². The van der Waals surface area contributed by atoms with Crippen LogP contribution in [0.15, 0.2) is 84.9 Å². The van der Waals surface area contributed by atoms with E-state index in [0.29, 0.717) is 11.8 Å². The number of allylic oxidation sites excluding steroid dienone is 2. The molecule has 0 aromatic heterocycles. The Morgan fingerprint density at radius 1 is 0.852 bits per heavy atom. The van der Waals surface area contributed by atoms with E-state index in [-0.39, 0.29) is 6.04 Å². The Morgan fingerprint density at radius 2 is 1.67 bits per heavy atom. The maximum Gasteiger partial charge on any atom is 0.124 e. The lowest BCUT2D eigenvalue weighted by molar-refractivity contribution is 0.381. The highest BCUT2D eigenvalue weighted by Crippen LogP contribution is 2.51. The van der Waals surface area contributed by atoms with E-state index in [1.54, 1.807) is 7.11 Å². The molecule has 0 bridgehead atoms. The molecule has 3 aromatic rings. The van der Waals surface area contributed by atoms with Gasteiger partial charge in [-0.05, 0) is 47.2 Å². The van der Waals surface area contributed by atoms with E-state index >= 15 is 0 Å². The Hall–Kier alpha value is -3.00. The third-order valence-corrected chi connectivity index (χ3v) is 5.94. The predicted octanol–water partition coefficient (Wildman–Crippen LogP) is 6.19. The largest absolute Gasteiger partial charge is 0.496 e. The Morgan fingerprint density at radius 3 is 2.52 bits per heavy atom. The average molecular weight is 353 g/mol. The molecule has 3 aromatic carbocycles. The van der Waals surface area contributed by atoms with Gasteiger partial charge in [0.05, 0.1) is 13.2 Å². The minimum Gasteiger partial charge on any atom is -0.496 e. The summed E-state index contributed by atoms with van der Waals surface area (Å²) in [5.41, 5.74) is 6.44. The fourth-order valence-corrected chi connectivity index (χ4v) is 4.64. The molecular weight excluding hydrogens is 330 g/mol. The van der Waals surface area contributed by atoms with Crippen LogP contribution in [-0.2, 0) is 0 Å². The quantitative estimate of drug-likeness (QED) is 0.567. The van der Waals surface area contributed by atoms with E-state index in [9.17, 15) is 0 Å². The van der Waals surface area contributed by atoms with Gasteiger partial charge in [0.2, 0.25) is 0 Å². The van der Waals surface area contributed by atoms with Gasteiger partial charge >= 0.3 is 0 Å². The molecule has 0 spiro atoms. The molecule has 0 unspecified atom stereocenters. The number of para-hydroxylation sites is 1. The van der Waals surface area contributed by atoms with Crippen LogP contribution in [0.2, 0.25) is 0 Å². The minimum atomic E-state index is 0.260. The number of hydrogen-bond donors (Lipinski definition) is 1. The summed E-state index contributed by atoms with van der Waals surface area (Å²) in [6.07, 6.45) is 5.82. The number of benzene rings is 3. The topological polar surface area (TPSA) is 21.3 Å². The van der Waals surface area contributed by atoms with Gasteiger partial charge in [-0.25, -0.2) is 0 Å². The highest BCUT2D eigenvalue weighted by molar-refractivity contribution is 5.71. The van der Waals surface area contributed by atoms with E-state index in [2.05, 4.69) is 84.2 Å². The lowest BCUT2D eigenvalue weighted by Gasteiger charge is -2.38. The summed E-state index contributed by atoms with van der Waals surface area (Å²) in [6, 6.07) is 26.1. The van der Waals surface area contributed by atoms with Gasteiger partial charge in [0.25, 0.3) is 0 Å². The summed E-state index contributed by atoms with van der Waals surface area (Å²) in [7, 11) is 1.76. The van der Waals surface area contributed by atoms with Crippen molar-refractivity contribution in [2.24, 2.45) is 5.92 Å². The van der Waals surface area contributed by atoms with Crippen LogP contribution in [0.5, 0.6) is 5.75 Å². The van der Waals surface area contributed by atoms with Crippen molar-refractivity contribution in [1.29, 1.82) is 0 Å². The first-order chi connectivity index (χ1) is 13.3. The standard InChI is InChI=1S/C25H23NO/c1-27-24-13-6-5-10-21(24)25-20-12-7-11-19(20)22-16-18(14-15-23(22)26-25)17-8-3-2-4-9-17/h2-11,13-16,19-20,25-26H,12H2,1H3/t19-,20+,25-/m1/s1. The van der Waals surface area contributed by atoms with Crippen molar-refractivity contribution in [3.8, 4) is 16.9 Å². The normalized spacial score (nSPS) is 22.6. The third kappa shape index (κ3) is 2.73. The van der Waals surface area contributed by atoms with Crippen molar-refractivity contribution in [2.75, 3.05) is 12.4 Å². The van der Waals surface area contributed by atoms with E-state index in [1.807, 2.05) is 6.07 Å². The number of fused-ring (bicyclic) bond motifs is 3. The van der Waals surface area contributed by atoms with Gasteiger partial charge in [0, 0.05) is 17.2 Å². The Bertz CT molecular complexity index is 992. The second-order valence-corrected chi connectivity index (χ2v) is 7.39. The number of rotatable bonds is 3. The number of nitrogens with one attached hydrogen (secondary N) is 1. The molecule has 0 saturated heterocycles. The summed E-state index contributed by atoms with van der Waals surface area (Å²) in [5, 5.41) is 3.82. The van der Waals surface area contributed by atoms with Crippen LogP contribution in [0, 0.1) is 5.92 Å². The van der Waals surface area contributed by atoms with Crippen molar-refractivity contribution in [1.82, 2.24) is 0 Å². The number of hydrogen-bond acceptors (Lipinski definition) is 2. The fourth-order valence-electron chi connectivity index (χ4n) is 4.64. The van der Waals surface area contributed by atoms with Crippen LogP contribution >= 0.6 is 0 Å². The van der Waals surface area contributed by atoms with Crippen LogP contribution in [-0.4, -0.2) is 7.11 Å². The zero-order valence-corrected chi connectivity index (χ0v) is 15.4.